The van der Waals surface area contributed by atoms with E-state index >= 15 is 0 Å². The summed E-state index contributed by atoms with van der Waals surface area (Å²) in [5, 5.41) is 0.453. The maximum Gasteiger partial charge on any atom is 0.223 e. The molecule has 5 nitrogen and oxygen atoms in total. The van der Waals surface area contributed by atoms with E-state index in [1.165, 1.54) is 24.0 Å². The lowest BCUT2D eigenvalue weighted by atomic mass is 9.88. The van der Waals surface area contributed by atoms with Crippen molar-refractivity contribution in [2.75, 3.05) is 13.2 Å². The molecule has 0 spiro atoms. The zero-order valence-corrected chi connectivity index (χ0v) is 34.7. The lowest BCUT2D eigenvalue weighted by Gasteiger charge is -2.42. The number of likely N-dealkylation sites (tertiary alicyclic amines) is 2. The predicted octanol–water partition coefficient (Wildman–Crippen LogP) is 10.8. The van der Waals surface area contributed by atoms with E-state index in [0.29, 0.717) is 25.6 Å². The molecule has 0 aromatic heterocycles. The molecule has 7 heteroatoms. The van der Waals surface area contributed by atoms with Crippen LogP contribution in [0.5, 0.6) is 0 Å². The van der Waals surface area contributed by atoms with Crippen LogP contribution in [0, 0.1) is 0 Å². The number of hydrogen-bond acceptors (Lipinski definition) is 4. The largest absolute Gasteiger partial charge is 0.415 e. The summed E-state index contributed by atoms with van der Waals surface area (Å²) >= 11 is 0. The number of rotatable bonds is 14. The second kappa shape index (κ2) is 17.3. The van der Waals surface area contributed by atoms with Crippen molar-refractivity contribution < 1.29 is 13.6 Å². The van der Waals surface area contributed by atoms with Gasteiger partial charge in [-0.3, -0.25) is 9.69 Å². The summed E-state index contributed by atoms with van der Waals surface area (Å²) in [6, 6.07) is 21.7. The second-order valence-electron chi connectivity index (χ2n) is 17.4. The summed E-state index contributed by atoms with van der Waals surface area (Å²) in [6.07, 6.45) is 10.1. The summed E-state index contributed by atoms with van der Waals surface area (Å²) in [6.45, 7) is 34.2. The molecule has 0 bridgehead atoms. The van der Waals surface area contributed by atoms with Gasteiger partial charge in [0.1, 0.15) is 0 Å². The highest BCUT2D eigenvalue weighted by molar-refractivity contribution is 6.74. The highest BCUT2D eigenvalue weighted by atomic mass is 28.4. The molecule has 2 fully saturated rings. The first-order valence-corrected chi connectivity index (χ1v) is 24.3. The van der Waals surface area contributed by atoms with Crippen LogP contribution in [-0.4, -0.2) is 63.2 Å². The van der Waals surface area contributed by atoms with Gasteiger partial charge < -0.3 is 13.8 Å². The van der Waals surface area contributed by atoms with Crippen LogP contribution in [-0.2, 0) is 26.7 Å². The Morgan fingerprint density at radius 2 is 1.18 bits per heavy atom. The minimum absolute atomic E-state index is 0.126. The Balaban J connectivity index is 0.000000271. The third-order valence-corrected chi connectivity index (χ3v) is 20.8. The summed E-state index contributed by atoms with van der Waals surface area (Å²) < 4.78 is 13.0. The van der Waals surface area contributed by atoms with E-state index in [-0.39, 0.29) is 27.6 Å². The van der Waals surface area contributed by atoms with E-state index < -0.39 is 16.6 Å². The van der Waals surface area contributed by atoms with Crippen LogP contribution in [0.3, 0.4) is 0 Å². The van der Waals surface area contributed by atoms with Gasteiger partial charge >= 0.3 is 0 Å². The smallest absolute Gasteiger partial charge is 0.223 e. The van der Waals surface area contributed by atoms with Crippen molar-refractivity contribution in [1.82, 2.24) is 9.80 Å². The quantitative estimate of drug-likeness (QED) is 0.145. The highest BCUT2D eigenvalue weighted by Crippen LogP contribution is 2.43. The molecule has 0 radical (unpaired) electrons. The fourth-order valence-electron chi connectivity index (χ4n) is 6.44. The third-order valence-electron chi connectivity index (χ3n) is 11.8. The Labute approximate surface area is 302 Å². The van der Waals surface area contributed by atoms with E-state index in [1.54, 1.807) is 0 Å². The van der Waals surface area contributed by atoms with Gasteiger partial charge in [-0.15, -0.1) is 13.2 Å². The van der Waals surface area contributed by atoms with Gasteiger partial charge in [0.05, 0.1) is 12.6 Å². The molecule has 2 atom stereocenters. The molecule has 2 aliphatic rings. The molecule has 0 unspecified atom stereocenters. The summed E-state index contributed by atoms with van der Waals surface area (Å²) in [4.78, 5) is 16.9. The number of benzene rings is 2. The zero-order valence-electron chi connectivity index (χ0n) is 32.7. The molecule has 272 valence electrons. The van der Waals surface area contributed by atoms with Gasteiger partial charge in [0.15, 0.2) is 16.6 Å². The molecule has 2 aliphatic heterocycles. The number of amides is 1. The van der Waals surface area contributed by atoms with E-state index in [9.17, 15) is 4.79 Å². The molecule has 0 saturated carbocycles. The van der Waals surface area contributed by atoms with Gasteiger partial charge in [-0.2, -0.15) is 0 Å². The van der Waals surface area contributed by atoms with Crippen LogP contribution < -0.4 is 0 Å². The summed E-state index contributed by atoms with van der Waals surface area (Å²) in [5.41, 5.74) is 2.69. The fraction of sp³-hybridized carbons (Fsp3) is 0.595. The molecule has 2 heterocycles. The molecule has 49 heavy (non-hydrogen) atoms. The molecule has 1 amide bonds. The molecule has 2 saturated heterocycles. The van der Waals surface area contributed by atoms with E-state index in [2.05, 4.69) is 140 Å². The SMILES string of the molecule is C=CCC1(CC=C)CC[C@H](CO[Si](C)(C)C(C)(C)C)N1Cc1ccccc1.CC(C)(C)[Si](C)(C)OC[C@H]1CCC(=O)N1Cc1ccccc1. The van der Waals surface area contributed by atoms with Crippen LogP contribution >= 0.6 is 0 Å². The molecule has 2 aromatic carbocycles. The average molecular weight is 705 g/mol. The van der Waals surface area contributed by atoms with Gasteiger partial charge in [-0.25, -0.2) is 0 Å². The van der Waals surface area contributed by atoms with Crippen molar-refractivity contribution in [3.05, 3.63) is 97.1 Å². The van der Waals surface area contributed by atoms with E-state index in [4.69, 9.17) is 8.85 Å². The first-order valence-electron chi connectivity index (χ1n) is 18.5. The monoisotopic (exact) mass is 704 g/mol. The fourth-order valence-corrected chi connectivity index (χ4v) is 8.52. The van der Waals surface area contributed by atoms with Gasteiger partial charge in [-0.05, 0) is 79.5 Å². The van der Waals surface area contributed by atoms with E-state index in [0.717, 1.165) is 32.4 Å². The van der Waals surface area contributed by atoms with Crippen molar-refractivity contribution in [2.45, 2.75) is 147 Å². The third kappa shape index (κ3) is 11.1. The van der Waals surface area contributed by atoms with Gasteiger partial charge in [-0.1, -0.05) is 114 Å². The summed E-state index contributed by atoms with van der Waals surface area (Å²) in [7, 11) is -3.50. The molecular formula is C42H68N2O3Si2. The first kappa shape index (κ1) is 41.1. The lowest BCUT2D eigenvalue weighted by Crippen LogP contribution is -2.50. The van der Waals surface area contributed by atoms with Crippen molar-refractivity contribution in [1.29, 1.82) is 0 Å². The Morgan fingerprint density at radius 1 is 0.735 bits per heavy atom. The molecule has 0 aliphatic carbocycles. The van der Waals surface area contributed by atoms with Crippen LogP contribution in [0.15, 0.2) is 86.0 Å². The number of nitrogens with zero attached hydrogens (tertiary/aromatic N) is 2. The van der Waals surface area contributed by atoms with Crippen LogP contribution in [0.25, 0.3) is 0 Å². The zero-order chi connectivity index (χ0) is 36.5. The number of hydrogen-bond donors (Lipinski definition) is 0. The van der Waals surface area contributed by atoms with Crippen LogP contribution in [0.1, 0.15) is 91.2 Å². The second-order valence-corrected chi connectivity index (χ2v) is 27.0. The topological polar surface area (TPSA) is 42.0 Å². The van der Waals surface area contributed by atoms with Crippen LogP contribution in [0.2, 0.25) is 36.3 Å². The highest BCUT2D eigenvalue weighted by Gasteiger charge is 2.46. The van der Waals surface area contributed by atoms with E-state index in [1.807, 2.05) is 23.1 Å². The Morgan fingerprint density at radius 3 is 1.63 bits per heavy atom. The lowest BCUT2D eigenvalue weighted by molar-refractivity contribution is -0.130. The Kier molecular flexibility index (Phi) is 14.5. The molecule has 0 N–H and O–H groups in total. The predicted molar refractivity (Wildman–Crippen MR) is 214 cm³/mol. The number of carbonyl (C=O) groups excluding carboxylic acids is 1. The molecule has 2 aromatic rings. The van der Waals surface area contributed by atoms with Crippen molar-refractivity contribution in [3.63, 3.8) is 0 Å². The van der Waals surface area contributed by atoms with Crippen molar-refractivity contribution in [2.24, 2.45) is 0 Å². The minimum atomic E-state index is -1.75. The van der Waals surface area contributed by atoms with Crippen molar-refractivity contribution in [3.8, 4) is 0 Å². The maximum atomic E-state index is 12.2. The number of carbonyl (C=O) groups is 1. The van der Waals surface area contributed by atoms with Crippen molar-refractivity contribution >= 4 is 22.5 Å². The van der Waals surface area contributed by atoms with Gasteiger partial charge in [0, 0.05) is 37.7 Å². The van der Waals surface area contributed by atoms with Gasteiger partial charge in [0.2, 0.25) is 5.91 Å². The Hall–Kier alpha value is -2.30. The average Bonchev–Trinajstić information content (AvgIpc) is 3.54. The maximum absolute atomic E-state index is 12.2. The molecule has 4 rings (SSSR count). The summed E-state index contributed by atoms with van der Waals surface area (Å²) in [5.74, 6) is 0.257. The Bertz CT molecular complexity index is 1320. The normalized spacial score (nSPS) is 20.2. The minimum Gasteiger partial charge on any atom is -0.415 e. The standard InChI is InChI=1S/C24H39NOSi.C18H29NO2Si/c1-8-16-24(17-9-2)18-15-22(20-26-27(6,7)23(3,4)5)25(24)19-21-13-11-10-12-14-21;1-18(2,3)22(4,5)21-14-16-11-12-17(20)19(16)13-15-9-7-6-8-10-15/h8-14,22H,1-2,15-20H2,3-7H3;6-10,16H,11-14H2,1-5H3/t22-;16-/m11/s1. The van der Waals surface area contributed by atoms with Gasteiger partial charge in [0.25, 0.3) is 0 Å². The van der Waals surface area contributed by atoms with Crippen LogP contribution in [0.4, 0.5) is 0 Å². The first-order chi connectivity index (χ1) is 22.9. The molecular weight excluding hydrogens is 637 g/mol.